The molecule has 1 N–H and O–H groups in total. The van der Waals surface area contributed by atoms with Gasteiger partial charge >= 0.3 is 0 Å². The van der Waals surface area contributed by atoms with Crippen LogP contribution in [0.4, 0.5) is 0 Å². The van der Waals surface area contributed by atoms with Gasteiger partial charge in [-0.1, -0.05) is 61.5 Å². The highest BCUT2D eigenvalue weighted by Crippen LogP contribution is 2.27. The van der Waals surface area contributed by atoms with E-state index >= 15 is 0 Å². The normalized spacial score (nSPS) is 17.8. The molecule has 1 unspecified atom stereocenters. The minimum absolute atomic E-state index is 0.0566. The topological polar surface area (TPSA) is 52.2 Å². The Kier molecular flexibility index (Phi) is 6.60. The van der Waals surface area contributed by atoms with Crippen LogP contribution >= 0.6 is 0 Å². The molecule has 1 fully saturated rings. The van der Waals surface area contributed by atoms with Crippen molar-refractivity contribution in [1.82, 2.24) is 19.8 Å². The van der Waals surface area contributed by atoms with Crippen LogP contribution in [-0.2, 0) is 17.8 Å². The summed E-state index contributed by atoms with van der Waals surface area (Å²) in [6.45, 7) is 6.12. The van der Waals surface area contributed by atoms with Gasteiger partial charge in [0.25, 0.3) is 0 Å². The van der Waals surface area contributed by atoms with Crippen molar-refractivity contribution >= 4 is 5.91 Å². The van der Waals surface area contributed by atoms with Crippen molar-refractivity contribution in [3.63, 3.8) is 0 Å². The molecule has 3 aromatic rings. The van der Waals surface area contributed by atoms with E-state index in [1.54, 1.807) is 6.20 Å². The zero-order valence-electron chi connectivity index (χ0n) is 17.6. The van der Waals surface area contributed by atoms with E-state index in [0.717, 1.165) is 51.4 Å². The summed E-state index contributed by atoms with van der Waals surface area (Å²) in [7, 11) is 0. The fourth-order valence-corrected chi connectivity index (χ4v) is 4.36. The van der Waals surface area contributed by atoms with E-state index in [2.05, 4.69) is 75.2 Å². The molecule has 0 radical (unpaired) electrons. The molecule has 2 aromatic carbocycles. The van der Waals surface area contributed by atoms with Crippen molar-refractivity contribution in [2.24, 2.45) is 5.92 Å². The second kappa shape index (κ2) is 9.72. The van der Waals surface area contributed by atoms with E-state index in [1.165, 1.54) is 16.7 Å². The average molecular weight is 403 g/mol. The maximum Gasteiger partial charge on any atom is 0.227 e. The van der Waals surface area contributed by atoms with Crippen LogP contribution in [0.5, 0.6) is 0 Å². The van der Waals surface area contributed by atoms with Crippen LogP contribution in [0.3, 0.4) is 0 Å². The molecule has 1 atom stereocenters. The Morgan fingerprint density at radius 3 is 2.63 bits per heavy atom. The van der Waals surface area contributed by atoms with Gasteiger partial charge in [-0.2, -0.15) is 0 Å². The Labute approximate surface area is 178 Å². The quantitative estimate of drug-likeness (QED) is 0.650. The van der Waals surface area contributed by atoms with Crippen LogP contribution in [0.25, 0.3) is 11.1 Å². The summed E-state index contributed by atoms with van der Waals surface area (Å²) in [5.41, 5.74) is 3.65. The maximum atomic E-state index is 13.4. The third-order valence-corrected chi connectivity index (χ3v) is 5.82. The number of H-pyrrole nitrogens is 1. The molecule has 0 saturated carbocycles. The van der Waals surface area contributed by atoms with Crippen LogP contribution in [0.15, 0.2) is 67.0 Å². The molecular weight excluding hydrogens is 372 g/mol. The summed E-state index contributed by atoms with van der Waals surface area (Å²) in [4.78, 5) is 25.4. The zero-order valence-corrected chi connectivity index (χ0v) is 17.6. The maximum absolute atomic E-state index is 13.4. The highest BCUT2D eigenvalue weighted by molar-refractivity contribution is 5.80. The first-order valence-electron chi connectivity index (χ1n) is 10.9. The van der Waals surface area contributed by atoms with Gasteiger partial charge in [-0.05, 0) is 29.5 Å². The Bertz CT molecular complexity index is 939. The smallest absolute Gasteiger partial charge is 0.227 e. The summed E-state index contributed by atoms with van der Waals surface area (Å²) >= 11 is 0. The summed E-state index contributed by atoms with van der Waals surface area (Å²) in [5, 5.41) is 0. The lowest BCUT2D eigenvalue weighted by molar-refractivity contribution is -0.134. The number of aromatic nitrogens is 2. The van der Waals surface area contributed by atoms with Gasteiger partial charge in [0.05, 0.1) is 12.5 Å². The first kappa shape index (κ1) is 20.4. The minimum Gasteiger partial charge on any atom is -0.348 e. The molecule has 5 nitrogen and oxygen atoms in total. The minimum atomic E-state index is -0.0566. The van der Waals surface area contributed by atoms with Crippen LogP contribution in [0, 0.1) is 5.92 Å². The third-order valence-electron chi connectivity index (χ3n) is 5.82. The number of hydrogen-bond donors (Lipinski definition) is 1. The number of benzene rings is 2. The Morgan fingerprint density at radius 1 is 1.07 bits per heavy atom. The van der Waals surface area contributed by atoms with Crippen molar-refractivity contribution < 1.29 is 4.79 Å². The second-order valence-electron chi connectivity index (χ2n) is 8.02. The number of imidazole rings is 1. The highest BCUT2D eigenvalue weighted by atomic mass is 16.2. The van der Waals surface area contributed by atoms with Gasteiger partial charge in [0.15, 0.2) is 0 Å². The van der Waals surface area contributed by atoms with Gasteiger partial charge in [-0.15, -0.1) is 0 Å². The average Bonchev–Trinajstić information content (AvgIpc) is 3.24. The van der Waals surface area contributed by atoms with E-state index in [9.17, 15) is 4.79 Å². The van der Waals surface area contributed by atoms with E-state index in [1.807, 2.05) is 12.3 Å². The largest absolute Gasteiger partial charge is 0.348 e. The molecule has 1 aliphatic rings. The lowest BCUT2D eigenvalue weighted by atomic mass is 9.91. The van der Waals surface area contributed by atoms with Gasteiger partial charge in [0.2, 0.25) is 5.91 Å². The van der Waals surface area contributed by atoms with Crippen molar-refractivity contribution in [2.75, 3.05) is 26.2 Å². The summed E-state index contributed by atoms with van der Waals surface area (Å²) in [6, 6.07) is 18.9. The van der Waals surface area contributed by atoms with Crippen LogP contribution in [0.2, 0.25) is 0 Å². The predicted octanol–water partition coefficient (Wildman–Crippen LogP) is 3.99. The summed E-state index contributed by atoms with van der Waals surface area (Å²) in [5.74, 6) is 1.18. The second-order valence-corrected chi connectivity index (χ2v) is 8.02. The summed E-state index contributed by atoms with van der Waals surface area (Å²) < 4.78 is 0. The first-order valence-corrected chi connectivity index (χ1v) is 10.9. The number of amides is 1. The van der Waals surface area contributed by atoms with Crippen molar-refractivity contribution in [1.29, 1.82) is 0 Å². The van der Waals surface area contributed by atoms with Gasteiger partial charge in [-0.3, -0.25) is 9.69 Å². The van der Waals surface area contributed by atoms with E-state index in [0.29, 0.717) is 0 Å². The van der Waals surface area contributed by atoms with Crippen molar-refractivity contribution in [3.8, 4) is 11.1 Å². The number of rotatable bonds is 7. The number of hydrogen-bond acceptors (Lipinski definition) is 3. The summed E-state index contributed by atoms with van der Waals surface area (Å²) in [6.07, 6.45) is 5.38. The molecule has 1 aromatic heterocycles. The predicted molar refractivity (Wildman–Crippen MR) is 120 cm³/mol. The Hall–Kier alpha value is -2.92. The van der Waals surface area contributed by atoms with Crippen molar-refractivity contribution in [3.05, 3.63) is 78.4 Å². The standard InChI is InChI=1S/C25H30N4O/c1-2-14-29-16-15-28(19-24-26-12-13-27-24)18-22(25(29)30)17-21-10-6-7-11-23(21)20-8-4-3-5-9-20/h3-13,22H,2,14-19H2,1H3,(H,26,27). The monoisotopic (exact) mass is 402 g/mol. The molecule has 0 bridgehead atoms. The van der Waals surface area contributed by atoms with Gasteiger partial charge < -0.3 is 9.88 Å². The SMILES string of the molecule is CCCN1CCN(Cc2ncc[nH]2)CC(Cc2ccccc2-c2ccccc2)C1=O. The number of aromatic amines is 1. The molecule has 1 aliphatic heterocycles. The van der Waals surface area contributed by atoms with E-state index < -0.39 is 0 Å². The Morgan fingerprint density at radius 2 is 1.87 bits per heavy atom. The van der Waals surface area contributed by atoms with E-state index in [4.69, 9.17) is 0 Å². The molecule has 0 spiro atoms. The fraction of sp³-hybridized carbons (Fsp3) is 0.360. The van der Waals surface area contributed by atoms with E-state index in [-0.39, 0.29) is 11.8 Å². The number of nitrogens with zero attached hydrogens (tertiary/aromatic N) is 3. The number of carbonyl (C=O) groups is 1. The van der Waals surface area contributed by atoms with Crippen LogP contribution in [0.1, 0.15) is 24.7 Å². The molecule has 5 heteroatoms. The lowest BCUT2D eigenvalue weighted by Crippen LogP contribution is -2.37. The molecule has 2 heterocycles. The van der Waals surface area contributed by atoms with Crippen LogP contribution in [-0.4, -0.2) is 51.9 Å². The molecule has 1 saturated heterocycles. The molecule has 30 heavy (non-hydrogen) atoms. The Balaban J connectivity index is 1.59. The molecule has 1 amide bonds. The zero-order chi connectivity index (χ0) is 20.8. The van der Waals surface area contributed by atoms with Gasteiger partial charge in [0, 0.05) is 38.6 Å². The van der Waals surface area contributed by atoms with Gasteiger partial charge in [0.1, 0.15) is 5.82 Å². The molecule has 0 aliphatic carbocycles. The molecular formula is C25H30N4O. The molecule has 156 valence electrons. The first-order chi connectivity index (χ1) is 14.7. The number of carbonyl (C=O) groups excluding carboxylic acids is 1. The van der Waals surface area contributed by atoms with Crippen LogP contribution < -0.4 is 0 Å². The number of nitrogens with one attached hydrogen (secondary N) is 1. The highest BCUT2D eigenvalue weighted by Gasteiger charge is 2.30. The molecule has 4 rings (SSSR count). The fourth-order valence-electron chi connectivity index (χ4n) is 4.36. The van der Waals surface area contributed by atoms with Gasteiger partial charge in [-0.25, -0.2) is 4.98 Å². The third kappa shape index (κ3) is 4.79. The van der Waals surface area contributed by atoms with Crippen molar-refractivity contribution in [2.45, 2.75) is 26.3 Å². The lowest BCUT2D eigenvalue weighted by Gasteiger charge is -2.24.